The summed E-state index contributed by atoms with van der Waals surface area (Å²) >= 11 is 0. The molecule has 3 aromatic rings. The van der Waals surface area contributed by atoms with Crippen LogP contribution < -0.4 is 9.80 Å². The summed E-state index contributed by atoms with van der Waals surface area (Å²) in [5.41, 5.74) is 6.88. The number of fused-ring (bicyclic) bond motifs is 5. The molecule has 0 radical (unpaired) electrons. The van der Waals surface area contributed by atoms with Gasteiger partial charge in [0.05, 0.1) is 0 Å². The maximum absolute atomic E-state index is 4.84. The zero-order valence-corrected chi connectivity index (χ0v) is 20.8. The van der Waals surface area contributed by atoms with Gasteiger partial charge < -0.3 is 9.80 Å². The van der Waals surface area contributed by atoms with E-state index in [1.165, 1.54) is 28.1 Å². The van der Waals surface area contributed by atoms with Crippen LogP contribution >= 0.6 is 0 Å². The second-order valence-corrected chi connectivity index (χ2v) is 10.3. The number of hydrogen-bond donors (Lipinski definition) is 0. The molecule has 2 aromatic carbocycles. The number of benzene rings is 2. The van der Waals surface area contributed by atoms with Gasteiger partial charge in [-0.2, -0.15) is 0 Å². The van der Waals surface area contributed by atoms with Gasteiger partial charge in [-0.3, -0.25) is 0 Å². The lowest BCUT2D eigenvalue weighted by molar-refractivity contribution is 0.321. The number of rotatable bonds is 5. The van der Waals surface area contributed by atoms with Gasteiger partial charge in [0.15, 0.2) is 11.6 Å². The minimum absolute atomic E-state index is 0.138. The van der Waals surface area contributed by atoms with Crippen molar-refractivity contribution in [2.45, 2.75) is 84.2 Å². The summed E-state index contributed by atoms with van der Waals surface area (Å²) in [5.74, 6) is 2.96. The predicted octanol–water partition coefficient (Wildman–Crippen LogP) is 7.80. The van der Waals surface area contributed by atoms with Crippen molar-refractivity contribution < 1.29 is 0 Å². The van der Waals surface area contributed by atoms with Crippen LogP contribution in [0.3, 0.4) is 0 Å². The molecule has 0 saturated heterocycles. The second-order valence-electron chi connectivity index (χ2n) is 10.3. The molecule has 2 aliphatic rings. The van der Waals surface area contributed by atoms with E-state index in [2.05, 4.69) is 93.8 Å². The van der Waals surface area contributed by atoms with Gasteiger partial charge in [-0.1, -0.05) is 65.8 Å². The standard InChI is InChI=1S/C29H36N4/c1-7-29(8-2)18-26-32(23-12-9-21(10-13-23)19(3)4)27-28(31-16-15-30-27)33(26)25-14-11-22(20(5)6)17-24(25)29/h9-17,19-20,26H,7-8,18H2,1-6H3. The van der Waals surface area contributed by atoms with Crippen LogP contribution in [-0.4, -0.2) is 16.1 Å². The molecule has 4 heteroatoms. The van der Waals surface area contributed by atoms with Gasteiger partial charge in [0.25, 0.3) is 0 Å². The number of aromatic nitrogens is 2. The van der Waals surface area contributed by atoms with Gasteiger partial charge in [0, 0.05) is 29.2 Å². The minimum atomic E-state index is 0.138. The maximum Gasteiger partial charge on any atom is 0.178 e. The smallest absolute Gasteiger partial charge is 0.178 e. The molecule has 2 aliphatic heterocycles. The van der Waals surface area contributed by atoms with E-state index in [1.807, 2.05) is 12.4 Å². The third-order valence-corrected chi connectivity index (χ3v) is 8.00. The van der Waals surface area contributed by atoms with Gasteiger partial charge in [-0.25, -0.2) is 9.97 Å². The first-order chi connectivity index (χ1) is 15.9. The van der Waals surface area contributed by atoms with Crippen molar-refractivity contribution in [2.75, 3.05) is 9.80 Å². The summed E-state index contributed by atoms with van der Waals surface area (Å²) in [6.07, 6.45) is 7.12. The highest BCUT2D eigenvalue weighted by Gasteiger charge is 2.50. The topological polar surface area (TPSA) is 32.3 Å². The van der Waals surface area contributed by atoms with Gasteiger partial charge in [-0.05, 0) is 66.0 Å². The van der Waals surface area contributed by atoms with Crippen molar-refractivity contribution in [1.82, 2.24) is 9.97 Å². The Morgan fingerprint density at radius 1 is 0.818 bits per heavy atom. The van der Waals surface area contributed by atoms with Gasteiger partial charge in [0.2, 0.25) is 0 Å². The Kier molecular flexibility index (Phi) is 5.43. The summed E-state index contributed by atoms with van der Waals surface area (Å²) in [7, 11) is 0. The van der Waals surface area contributed by atoms with E-state index in [1.54, 1.807) is 0 Å². The summed E-state index contributed by atoms with van der Waals surface area (Å²) in [4.78, 5) is 14.5. The van der Waals surface area contributed by atoms with E-state index in [4.69, 9.17) is 9.97 Å². The molecule has 1 atom stereocenters. The first-order valence-electron chi connectivity index (χ1n) is 12.5. The summed E-state index contributed by atoms with van der Waals surface area (Å²) < 4.78 is 0. The highest BCUT2D eigenvalue weighted by Crippen LogP contribution is 2.56. The van der Waals surface area contributed by atoms with E-state index in [0.29, 0.717) is 11.8 Å². The van der Waals surface area contributed by atoms with Crippen molar-refractivity contribution >= 4 is 23.0 Å². The van der Waals surface area contributed by atoms with Gasteiger partial charge in [-0.15, -0.1) is 0 Å². The molecule has 0 spiro atoms. The molecular formula is C29H36N4. The van der Waals surface area contributed by atoms with Crippen molar-refractivity contribution in [3.05, 3.63) is 71.5 Å². The Morgan fingerprint density at radius 2 is 1.39 bits per heavy atom. The summed E-state index contributed by atoms with van der Waals surface area (Å²) in [5, 5.41) is 0. The van der Waals surface area contributed by atoms with Crippen LogP contribution in [0.4, 0.5) is 23.0 Å². The number of nitrogens with zero attached hydrogens (tertiary/aromatic N) is 4. The van der Waals surface area contributed by atoms with Crippen LogP contribution in [-0.2, 0) is 5.41 Å². The molecular weight excluding hydrogens is 404 g/mol. The largest absolute Gasteiger partial charge is 0.302 e. The molecule has 3 heterocycles. The van der Waals surface area contributed by atoms with Gasteiger partial charge >= 0.3 is 0 Å². The normalized spacial score (nSPS) is 18.5. The number of hydrogen-bond acceptors (Lipinski definition) is 4. The van der Waals surface area contributed by atoms with Crippen LogP contribution in [0.25, 0.3) is 0 Å². The van der Waals surface area contributed by atoms with Gasteiger partial charge in [0.1, 0.15) is 6.17 Å². The first-order valence-corrected chi connectivity index (χ1v) is 12.5. The Labute approximate surface area is 198 Å². The molecule has 5 rings (SSSR count). The molecule has 0 fully saturated rings. The SMILES string of the molecule is CCC1(CC)CC2N(c3ccc(C(C)C)cc3)c3nccnc3N2c2ccc(C(C)C)cc21. The van der Waals surface area contributed by atoms with Crippen LogP contribution in [0, 0.1) is 0 Å². The van der Waals surface area contributed by atoms with E-state index in [-0.39, 0.29) is 11.6 Å². The molecule has 0 bridgehead atoms. The van der Waals surface area contributed by atoms with Crippen molar-refractivity contribution in [3.8, 4) is 0 Å². The fourth-order valence-corrected chi connectivity index (χ4v) is 5.76. The Hall–Kier alpha value is -2.88. The monoisotopic (exact) mass is 440 g/mol. The lowest BCUT2D eigenvalue weighted by Gasteiger charge is -2.47. The van der Waals surface area contributed by atoms with Crippen molar-refractivity contribution in [2.24, 2.45) is 0 Å². The van der Waals surface area contributed by atoms with Crippen molar-refractivity contribution in [3.63, 3.8) is 0 Å². The van der Waals surface area contributed by atoms with E-state index in [0.717, 1.165) is 30.9 Å². The zero-order valence-electron chi connectivity index (χ0n) is 20.8. The second kappa shape index (κ2) is 8.16. The van der Waals surface area contributed by atoms with Crippen LogP contribution in [0.15, 0.2) is 54.9 Å². The molecule has 0 saturated carbocycles. The lowest BCUT2D eigenvalue weighted by Crippen LogP contribution is -2.48. The highest BCUT2D eigenvalue weighted by molar-refractivity contribution is 5.86. The molecule has 0 N–H and O–H groups in total. The molecule has 1 unspecified atom stereocenters. The predicted molar refractivity (Wildman–Crippen MR) is 138 cm³/mol. The average molecular weight is 441 g/mol. The summed E-state index contributed by atoms with van der Waals surface area (Å²) in [6, 6.07) is 16.1. The fourth-order valence-electron chi connectivity index (χ4n) is 5.76. The van der Waals surface area contributed by atoms with Crippen LogP contribution in [0.5, 0.6) is 0 Å². The Balaban J connectivity index is 1.70. The molecule has 33 heavy (non-hydrogen) atoms. The molecule has 1 aromatic heterocycles. The molecule has 172 valence electrons. The summed E-state index contributed by atoms with van der Waals surface area (Å²) in [6.45, 7) is 13.8. The van der Waals surface area contributed by atoms with Crippen molar-refractivity contribution in [1.29, 1.82) is 0 Å². The maximum atomic E-state index is 4.84. The van der Waals surface area contributed by atoms with E-state index < -0.39 is 0 Å². The first kappa shape index (κ1) is 21.9. The van der Waals surface area contributed by atoms with E-state index >= 15 is 0 Å². The molecule has 0 amide bonds. The Bertz CT molecular complexity index is 1140. The van der Waals surface area contributed by atoms with Crippen LogP contribution in [0.1, 0.15) is 89.3 Å². The molecule has 4 nitrogen and oxygen atoms in total. The number of anilines is 4. The van der Waals surface area contributed by atoms with E-state index in [9.17, 15) is 0 Å². The quantitative estimate of drug-likeness (QED) is 0.405. The fraction of sp³-hybridized carbons (Fsp3) is 0.448. The lowest BCUT2D eigenvalue weighted by atomic mass is 9.68. The minimum Gasteiger partial charge on any atom is -0.302 e. The zero-order chi connectivity index (χ0) is 23.3. The highest BCUT2D eigenvalue weighted by atomic mass is 15.5. The Morgan fingerprint density at radius 3 is 1.97 bits per heavy atom. The average Bonchev–Trinajstić information content (AvgIpc) is 3.17. The van der Waals surface area contributed by atoms with Crippen LogP contribution in [0.2, 0.25) is 0 Å². The molecule has 0 aliphatic carbocycles. The third-order valence-electron chi connectivity index (χ3n) is 8.00. The third kappa shape index (κ3) is 3.34.